The molecule has 0 bridgehead atoms. The smallest absolute Gasteiger partial charge is 0.337 e. The molecule has 0 fully saturated rings. The number of hydrogen-bond donors (Lipinski definition) is 1. The lowest BCUT2D eigenvalue weighted by Gasteiger charge is -2.06. The van der Waals surface area contributed by atoms with E-state index in [0.29, 0.717) is 24.0 Å². The quantitative estimate of drug-likeness (QED) is 0.521. The number of phenolic OH excluding ortho intramolecular Hbond substituents is 1. The molecule has 0 saturated heterocycles. The lowest BCUT2D eigenvalue weighted by Crippen LogP contribution is -2.01. The number of esters is 1. The average Bonchev–Trinajstić information content (AvgIpc) is 2.53. The molecule has 6 nitrogen and oxygen atoms in total. The zero-order valence-electron chi connectivity index (χ0n) is 12.0. The van der Waals surface area contributed by atoms with Gasteiger partial charge >= 0.3 is 5.97 Å². The number of ether oxygens (including phenoxy) is 1. The molecule has 0 aliphatic heterocycles. The van der Waals surface area contributed by atoms with Crippen LogP contribution >= 0.6 is 0 Å². The molecule has 22 heavy (non-hydrogen) atoms. The maximum atomic E-state index is 11.3. The van der Waals surface area contributed by atoms with E-state index in [1.165, 1.54) is 25.3 Å². The van der Waals surface area contributed by atoms with Crippen LogP contribution in [0.3, 0.4) is 0 Å². The highest BCUT2D eigenvalue weighted by Gasteiger charge is 2.10. The number of methoxy groups -OCH3 is 1. The first-order valence-corrected chi connectivity index (χ1v) is 6.65. The molecule has 2 aromatic carbocycles. The number of benzene rings is 2. The van der Waals surface area contributed by atoms with E-state index in [-0.39, 0.29) is 11.4 Å². The molecule has 0 aliphatic carbocycles. The topological polar surface area (TPSA) is 89.7 Å². The van der Waals surface area contributed by atoms with Crippen LogP contribution in [0.15, 0.2) is 42.5 Å². The predicted octanol–water partition coefficient (Wildman–Crippen LogP) is 2.87. The normalized spacial score (nSPS) is 10.2. The molecule has 0 aliphatic rings. The third-order valence-electron chi connectivity index (χ3n) is 3.33. The Labute approximate surface area is 127 Å². The van der Waals surface area contributed by atoms with Crippen molar-refractivity contribution in [3.05, 3.63) is 69.3 Å². The van der Waals surface area contributed by atoms with Gasteiger partial charge in [-0.1, -0.05) is 12.1 Å². The van der Waals surface area contributed by atoms with Crippen molar-refractivity contribution in [2.75, 3.05) is 7.11 Å². The number of hydrogen-bond acceptors (Lipinski definition) is 5. The average molecular weight is 301 g/mol. The van der Waals surface area contributed by atoms with Crippen molar-refractivity contribution in [2.45, 2.75) is 12.8 Å². The second kappa shape index (κ2) is 6.71. The number of aryl methyl sites for hydroxylation is 2. The maximum absolute atomic E-state index is 11.3. The Morgan fingerprint density at radius 3 is 2.45 bits per heavy atom. The number of carbonyl (C=O) groups excluding carboxylic acids is 1. The van der Waals surface area contributed by atoms with Gasteiger partial charge in [-0.15, -0.1) is 0 Å². The van der Waals surface area contributed by atoms with Crippen molar-refractivity contribution in [2.24, 2.45) is 0 Å². The van der Waals surface area contributed by atoms with Crippen LogP contribution < -0.4 is 0 Å². The van der Waals surface area contributed by atoms with Gasteiger partial charge in [0.2, 0.25) is 0 Å². The van der Waals surface area contributed by atoms with Crippen molar-refractivity contribution in [1.29, 1.82) is 0 Å². The number of nitro groups is 1. The summed E-state index contributed by atoms with van der Waals surface area (Å²) >= 11 is 0. The molecule has 0 aromatic heterocycles. The highest BCUT2D eigenvalue weighted by Crippen LogP contribution is 2.24. The van der Waals surface area contributed by atoms with Gasteiger partial charge in [-0.05, 0) is 36.6 Å². The van der Waals surface area contributed by atoms with Gasteiger partial charge < -0.3 is 9.84 Å². The summed E-state index contributed by atoms with van der Waals surface area (Å²) in [4.78, 5) is 21.6. The van der Waals surface area contributed by atoms with E-state index < -0.39 is 10.9 Å². The Kier molecular flexibility index (Phi) is 4.73. The minimum absolute atomic E-state index is 0.0387. The van der Waals surface area contributed by atoms with Gasteiger partial charge in [-0.25, -0.2) is 4.79 Å². The Balaban J connectivity index is 2.08. The zero-order chi connectivity index (χ0) is 16.1. The summed E-state index contributed by atoms with van der Waals surface area (Å²) in [6.07, 6.45) is 1.06. The minimum atomic E-state index is -0.492. The number of rotatable bonds is 5. The summed E-state index contributed by atoms with van der Waals surface area (Å²) in [5, 5.41) is 20.5. The van der Waals surface area contributed by atoms with E-state index in [1.807, 2.05) is 0 Å². The van der Waals surface area contributed by atoms with E-state index in [0.717, 1.165) is 5.56 Å². The van der Waals surface area contributed by atoms with Crippen LogP contribution in [-0.2, 0) is 17.6 Å². The van der Waals surface area contributed by atoms with Crippen molar-refractivity contribution >= 4 is 11.7 Å². The van der Waals surface area contributed by atoms with Gasteiger partial charge in [0.25, 0.3) is 5.69 Å². The molecule has 0 amide bonds. The Morgan fingerprint density at radius 1 is 1.18 bits per heavy atom. The van der Waals surface area contributed by atoms with Crippen LogP contribution in [-0.4, -0.2) is 23.1 Å². The van der Waals surface area contributed by atoms with E-state index in [9.17, 15) is 20.0 Å². The van der Waals surface area contributed by atoms with E-state index in [4.69, 9.17) is 0 Å². The second-order valence-corrected chi connectivity index (χ2v) is 4.76. The third kappa shape index (κ3) is 3.60. The molecule has 0 saturated carbocycles. The summed E-state index contributed by atoms with van der Waals surface area (Å²) < 4.78 is 4.62. The Bertz CT molecular complexity index is 694. The third-order valence-corrected chi connectivity index (χ3v) is 3.33. The largest absolute Gasteiger partial charge is 0.508 e. The van der Waals surface area contributed by atoms with Gasteiger partial charge in [0, 0.05) is 17.7 Å². The SMILES string of the molecule is COC(=O)c1ccc(CCc2cc([N+](=O)[O-])ccc2O)cc1. The fourth-order valence-electron chi connectivity index (χ4n) is 2.09. The first kappa shape index (κ1) is 15.5. The first-order valence-electron chi connectivity index (χ1n) is 6.65. The van der Waals surface area contributed by atoms with Gasteiger partial charge in [0.05, 0.1) is 17.6 Å². The number of phenols is 1. The molecule has 0 spiro atoms. The molecular weight excluding hydrogens is 286 g/mol. The highest BCUT2D eigenvalue weighted by molar-refractivity contribution is 5.89. The lowest BCUT2D eigenvalue weighted by molar-refractivity contribution is -0.384. The molecule has 1 N–H and O–H groups in total. The van der Waals surface area contributed by atoms with Gasteiger partial charge in [0.1, 0.15) is 5.75 Å². The summed E-state index contributed by atoms with van der Waals surface area (Å²) in [5.74, 6) is -0.361. The lowest BCUT2D eigenvalue weighted by atomic mass is 10.0. The fourth-order valence-corrected chi connectivity index (χ4v) is 2.09. The molecule has 2 aromatic rings. The van der Waals surface area contributed by atoms with Crippen LogP contribution in [0.4, 0.5) is 5.69 Å². The summed E-state index contributed by atoms with van der Waals surface area (Å²) in [7, 11) is 1.32. The van der Waals surface area contributed by atoms with Crippen LogP contribution in [0, 0.1) is 10.1 Å². The predicted molar refractivity (Wildman–Crippen MR) is 80.0 cm³/mol. The highest BCUT2D eigenvalue weighted by atomic mass is 16.6. The van der Waals surface area contributed by atoms with Crippen LogP contribution in [0.1, 0.15) is 21.5 Å². The van der Waals surface area contributed by atoms with Crippen LogP contribution in [0.25, 0.3) is 0 Å². The number of nitrogens with zero attached hydrogens (tertiary/aromatic N) is 1. The standard InChI is InChI=1S/C16H15NO5/c1-22-16(19)12-5-2-11(3-6-12)4-7-13-10-14(17(20)21)8-9-15(13)18/h2-3,5-6,8-10,18H,4,7H2,1H3. The van der Waals surface area contributed by atoms with Gasteiger partial charge in [0.15, 0.2) is 0 Å². The van der Waals surface area contributed by atoms with Crippen molar-refractivity contribution in [3.8, 4) is 5.75 Å². The fraction of sp³-hybridized carbons (Fsp3) is 0.188. The summed E-state index contributed by atoms with van der Waals surface area (Å²) in [6.45, 7) is 0. The minimum Gasteiger partial charge on any atom is -0.508 e. The van der Waals surface area contributed by atoms with Gasteiger partial charge in [-0.3, -0.25) is 10.1 Å². The summed E-state index contributed by atoms with van der Waals surface area (Å²) in [5.41, 5.74) is 1.89. The zero-order valence-corrected chi connectivity index (χ0v) is 12.0. The number of non-ortho nitro benzene ring substituents is 1. The number of carbonyl (C=O) groups is 1. The Morgan fingerprint density at radius 2 is 1.86 bits per heavy atom. The maximum Gasteiger partial charge on any atom is 0.337 e. The Hall–Kier alpha value is -2.89. The monoisotopic (exact) mass is 301 g/mol. The van der Waals surface area contributed by atoms with Crippen LogP contribution in [0.5, 0.6) is 5.75 Å². The molecule has 2 rings (SSSR count). The van der Waals surface area contributed by atoms with Crippen LogP contribution in [0.2, 0.25) is 0 Å². The van der Waals surface area contributed by atoms with Crippen molar-refractivity contribution in [3.63, 3.8) is 0 Å². The molecule has 0 radical (unpaired) electrons. The van der Waals surface area contributed by atoms with E-state index >= 15 is 0 Å². The number of aromatic hydroxyl groups is 1. The molecule has 6 heteroatoms. The molecular formula is C16H15NO5. The number of nitro benzene ring substituents is 1. The molecule has 0 unspecified atom stereocenters. The van der Waals surface area contributed by atoms with E-state index in [1.54, 1.807) is 24.3 Å². The summed E-state index contributed by atoms with van der Waals surface area (Å²) in [6, 6.07) is 10.9. The van der Waals surface area contributed by atoms with Crippen molar-refractivity contribution in [1.82, 2.24) is 0 Å². The molecule has 0 atom stereocenters. The van der Waals surface area contributed by atoms with E-state index in [2.05, 4.69) is 4.74 Å². The van der Waals surface area contributed by atoms with Crippen molar-refractivity contribution < 1.29 is 19.6 Å². The first-order chi connectivity index (χ1) is 10.5. The molecule has 114 valence electrons. The van der Waals surface area contributed by atoms with Gasteiger partial charge in [-0.2, -0.15) is 0 Å². The second-order valence-electron chi connectivity index (χ2n) is 4.76. The molecule has 0 heterocycles.